The van der Waals surface area contributed by atoms with Crippen molar-refractivity contribution in [3.63, 3.8) is 0 Å². The minimum atomic E-state index is -0.425. The van der Waals surface area contributed by atoms with Crippen molar-refractivity contribution >= 4 is 17.9 Å². The summed E-state index contributed by atoms with van der Waals surface area (Å²) in [5.74, 6) is -0.236. The Balaban J connectivity index is 1.72. The van der Waals surface area contributed by atoms with Crippen molar-refractivity contribution in [2.75, 3.05) is 45.9 Å². The van der Waals surface area contributed by atoms with Crippen molar-refractivity contribution < 1.29 is 19.1 Å². The monoisotopic (exact) mass is 326 g/mol. The van der Waals surface area contributed by atoms with Gasteiger partial charge in [-0.2, -0.15) is 0 Å². The minimum absolute atomic E-state index is 0.0945. The molecule has 1 atom stereocenters. The Bertz CT molecular complexity index is 435. The predicted octanol–water partition coefficient (Wildman–Crippen LogP) is -0.455. The summed E-state index contributed by atoms with van der Waals surface area (Å²) in [5.41, 5.74) is 0. The van der Waals surface area contributed by atoms with Crippen LogP contribution < -0.4 is 10.6 Å². The highest BCUT2D eigenvalue weighted by molar-refractivity contribution is 5.88. The maximum Gasteiger partial charge on any atom is 0.409 e. The average molecular weight is 326 g/mol. The molecule has 2 saturated heterocycles. The SMILES string of the molecule is CCOC(=O)N1CCN(CC(=O)N[C@H]2CCCCNC2=O)CC1. The van der Waals surface area contributed by atoms with Gasteiger partial charge < -0.3 is 20.3 Å². The molecular weight excluding hydrogens is 300 g/mol. The van der Waals surface area contributed by atoms with Gasteiger partial charge in [-0.1, -0.05) is 0 Å². The van der Waals surface area contributed by atoms with Gasteiger partial charge in [0.1, 0.15) is 6.04 Å². The summed E-state index contributed by atoms with van der Waals surface area (Å²) in [4.78, 5) is 39.2. The average Bonchev–Trinajstić information content (AvgIpc) is 2.73. The second-order valence-corrected chi connectivity index (χ2v) is 5.87. The van der Waals surface area contributed by atoms with E-state index in [1.807, 2.05) is 4.90 Å². The first kappa shape index (κ1) is 17.5. The molecule has 0 spiro atoms. The van der Waals surface area contributed by atoms with Gasteiger partial charge in [-0.25, -0.2) is 4.79 Å². The molecule has 130 valence electrons. The third kappa shape index (κ3) is 5.38. The number of nitrogens with one attached hydrogen (secondary N) is 2. The Morgan fingerprint density at radius 3 is 2.70 bits per heavy atom. The lowest BCUT2D eigenvalue weighted by molar-refractivity contribution is -0.129. The van der Waals surface area contributed by atoms with Crippen molar-refractivity contribution in [2.45, 2.75) is 32.2 Å². The molecule has 0 radical (unpaired) electrons. The first-order chi connectivity index (χ1) is 11.1. The Morgan fingerprint density at radius 2 is 2.00 bits per heavy atom. The van der Waals surface area contributed by atoms with Gasteiger partial charge in [0.05, 0.1) is 13.2 Å². The van der Waals surface area contributed by atoms with Crippen LogP contribution in [-0.2, 0) is 14.3 Å². The van der Waals surface area contributed by atoms with Gasteiger partial charge in [0.25, 0.3) is 0 Å². The van der Waals surface area contributed by atoms with E-state index in [1.54, 1.807) is 11.8 Å². The van der Waals surface area contributed by atoms with Crippen molar-refractivity contribution in [1.29, 1.82) is 0 Å². The lowest BCUT2D eigenvalue weighted by Gasteiger charge is -2.33. The predicted molar refractivity (Wildman–Crippen MR) is 83.8 cm³/mol. The molecule has 2 aliphatic rings. The van der Waals surface area contributed by atoms with Crippen LogP contribution in [-0.4, -0.2) is 79.6 Å². The molecule has 0 bridgehead atoms. The van der Waals surface area contributed by atoms with Gasteiger partial charge in [0.15, 0.2) is 0 Å². The second-order valence-electron chi connectivity index (χ2n) is 5.87. The minimum Gasteiger partial charge on any atom is -0.450 e. The molecular formula is C15H26N4O4. The van der Waals surface area contributed by atoms with E-state index in [2.05, 4.69) is 10.6 Å². The van der Waals surface area contributed by atoms with Crippen molar-refractivity contribution in [3.8, 4) is 0 Å². The molecule has 0 aromatic heterocycles. The summed E-state index contributed by atoms with van der Waals surface area (Å²) in [6.07, 6.45) is 2.27. The maximum absolute atomic E-state index is 12.1. The maximum atomic E-state index is 12.1. The molecule has 0 aromatic carbocycles. The topological polar surface area (TPSA) is 91.0 Å². The van der Waals surface area contributed by atoms with E-state index >= 15 is 0 Å². The van der Waals surface area contributed by atoms with Gasteiger partial charge in [-0.05, 0) is 26.2 Å². The Labute approximate surface area is 136 Å². The molecule has 0 aliphatic carbocycles. The van der Waals surface area contributed by atoms with Gasteiger partial charge >= 0.3 is 6.09 Å². The van der Waals surface area contributed by atoms with E-state index in [4.69, 9.17) is 4.74 Å². The van der Waals surface area contributed by atoms with Crippen LogP contribution in [0.15, 0.2) is 0 Å². The van der Waals surface area contributed by atoms with Gasteiger partial charge in [-0.15, -0.1) is 0 Å². The number of carbonyl (C=O) groups excluding carboxylic acids is 3. The summed E-state index contributed by atoms with van der Waals surface area (Å²) >= 11 is 0. The number of hydrogen-bond acceptors (Lipinski definition) is 5. The molecule has 8 heteroatoms. The standard InChI is InChI=1S/C15H26N4O4/c1-2-23-15(22)19-9-7-18(8-10-19)11-13(20)17-12-5-3-4-6-16-14(12)21/h12H,2-11H2,1H3,(H,16,21)(H,17,20)/t12-/m0/s1. The molecule has 0 aromatic rings. The number of nitrogens with zero attached hydrogens (tertiary/aromatic N) is 2. The molecule has 8 nitrogen and oxygen atoms in total. The van der Waals surface area contributed by atoms with Crippen LogP contribution in [0.1, 0.15) is 26.2 Å². The third-order valence-electron chi connectivity index (χ3n) is 4.14. The summed E-state index contributed by atoms with van der Waals surface area (Å²) in [7, 11) is 0. The molecule has 2 rings (SSSR count). The number of ether oxygens (including phenoxy) is 1. The number of amides is 3. The second kappa shape index (κ2) is 8.71. The van der Waals surface area contributed by atoms with Crippen LogP contribution in [0.4, 0.5) is 4.79 Å². The zero-order chi connectivity index (χ0) is 16.7. The number of carbonyl (C=O) groups is 3. The Morgan fingerprint density at radius 1 is 1.26 bits per heavy atom. The first-order valence-corrected chi connectivity index (χ1v) is 8.31. The Kier molecular flexibility index (Phi) is 6.64. The lowest BCUT2D eigenvalue weighted by atomic mass is 10.1. The highest BCUT2D eigenvalue weighted by atomic mass is 16.6. The summed E-state index contributed by atoms with van der Waals surface area (Å²) in [6.45, 7) is 5.44. The normalized spacial score (nSPS) is 22.9. The molecule has 0 saturated carbocycles. The highest BCUT2D eigenvalue weighted by Crippen LogP contribution is 2.06. The lowest BCUT2D eigenvalue weighted by Crippen LogP contribution is -2.53. The van der Waals surface area contributed by atoms with Gasteiger partial charge in [0, 0.05) is 32.7 Å². The molecule has 2 fully saturated rings. The fourth-order valence-electron chi connectivity index (χ4n) is 2.82. The van der Waals surface area contributed by atoms with E-state index in [-0.39, 0.29) is 24.5 Å². The molecule has 2 aliphatic heterocycles. The summed E-state index contributed by atoms with van der Waals surface area (Å²) < 4.78 is 4.97. The fourth-order valence-corrected chi connectivity index (χ4v) is 2.82. The van der Waals surface area contributed by atoms with Crippen LogP contribution in [0.25, 0.3) is 0 Å². The van der Waals surface area contributed by atoms with Gasteiger partial charge in [0.2, 0.25) is 11.8 Å². The van der Waals surface area contributed by atoms with E-state index < -0.39 is 6.04 Å². The zero-order valence-electron chi connectivity index (χ0n) is 13.7. The largest absolute Gasteiger partial charge is 0.450 e. The number of hydrogen-bond donors (Lipinski definition) is 2. The molecule has 0 unspecified atom stereocenters. The number of piperazine rings is 1. The number of rotatable bonds is 4. The Hall–Kier alpha value is -1.83. The quantitative estimate of drug-likeness (QED) is 0.730. The molecule has 2 heterocycles. The van der Waals surface area contributed by atoms with E-state index in [0.717, 1.165) is 12.8 Å². The third-order valence-corrected chi connectivity index (χ3v) is 4.14. The molecule has 2 N–H and O–H groups in total. The smallest absolute Gasteiger partial charge is 0.409 e. The van der Waals surface area contributed by atoms with Crippen molar-refractivity contribution in [1.82, 2.24) is 20.4 Å². The van der Waals surface area contributed by atoms with E-state index in [0.29, 0.717) is 45.8 Å². The van der Waals surface area contributed by atoms with Crippen LogP contribution in [0.2, 0.25) is 0 Å². The van der Waals surface area contributed by atoms with Crippen molar-refractivity contribution in [3.05, 3.63) is 0 Å². The first-order valence-electron chi connectivity index (χ1n) is 8.31. The molecule has 23 heavy (non-hydrogen) atoms. The van der Waals surface area contributed by atoms with E-state index in [9.17, 15) is 14.4 Å². The van der Waals surface area contributed by atoms with Crippen LogP contribution >= 0.6 is 0 Å². The van der Waals surface area contributed by atoms with E-state index in [1.165, 1.54) is 0 Å². The van der Waals surface area contributed by atoms with Crippen molar-refractivity contribution in [2.24, 2.45) is 0 Å². The molecule has 3 amide bonds. The fraction of sp³-hybridized carbons (Fsp3) is 0.800. The van der Waals surface area contributed by atoms with Crippen LogP contribution in [0.5, 0.6) is 0 Å². The summed E-state index contributed by atoms with van der Waals surface area (Å²) in [6, 6.07) is -0.425. The highest BCUT2D eigenvalue weighted by Gasteiger charge is 2.26. The summed E-state index contributed by atoms with van der Waals surface area (Å²) in [5, 5.41) is 5.62. The van der Waals surface area contributed by atoms with Crippen LogP contribution in [0, 0.1) is 0 Å². The van der Waals surface area contributed by atoms with Crippen LogP contribution in [0.3, 0.4) is 0 Å². The zero-order valence-corrected chi connectivity index (χ0v) is 13.7. The van der Waals surface area contributed by atoms with Gasteiger partial charge in [-0.3, -0.25) is 14.5 Å².